The molecule has 3 aromatic carbocycles. The summed E-state index contributed by atoms with van der Waals surface area (Å²) in [6, 6.07) is 25.5. The Hall–Kier alpha value is -4.76. The number of fused-ring (bicyclic) bond motifs is 4. The molecule has 0 bridgehead atoms. The Bertz CT molecular complexity index is 2050. The average molecular weight is 635 g/mol. The predicted octanol–water partition coefficient (Wildman–Crippen LogP) is 7.34. The first kappa shape index (κ1) is 28.7. The molecule has 0 unspecified atom stereocenters. The van der Waals surface area contributed by atoms with Crippen LogP contribution in [0.5, 0.6) is 23.0 Å². The molecule has 3 aromatic rings. The number of carbonyl (C=O) groups excluding carboxylic acids is 1. The van der Waals surface area contributed by atoms with Gasteiger partial charge in [0.05, 0.1) is 32.4 Å². The van der Waals surface area contributed by atoms with Crippen LogP contribution in [0.25, 0.3) is 31.7 Å². The summed E-state index contributed by atoms with van der Waals surface area (Å²) in [6.45, 7) is 9.80. The largest absolute Gasteiger partial charge is 0.497 e. The summed E-state index contributed by atoms with van der Waals surface area (Å²) in [5, 5.41) is 2.29. The minimum atomic E-state index is -0.505. The van der Waals surface area contributed by atoms with E-state index in [1.807, 2.05) is 45.0 Å². The van der Waals surface area contributed by atoms with Crippen LogP contribution in [-0.4, -0.2) is 63.0 Å². The number of amides is 1. The Kier molecular flexibility index (Phi) is 6.83. The van der Waals surface area contributed by atoms with E-state index in [-0.39, 0.29) is 6.09 Å². The number of anilines is 2. The lowest BCUT2D eigenvalue weighted by molar-refractivity contribution is 0.0218. The third-order valence-electron chi connectivity index (χ3n) is 8.76. The Morgan fingerprint density at radius 3 is 2.52 bits per heavy atom. The summed E-state index contributed by atoms with van der Waals surface area (Å²) in [7, 11) is 1.70. The van der Waals surface area contributed by atoms with Crippen molar-refractivity contribution in [1.82, 2.24) is 9.48 Å². The summed E-state index contributed by atoms with van der Waals surface area (Å²) in [5.74, 6) is 3.30. The van der Waals surface area contributed by atoms with Crippen molar-refractivity contribution in [3.8, 4) is 44.6 Å². The highest BCUT2D eigenvalue weighted by Crippen LogP contribution is 2.55. The summed E-state index contributed by atoms with van der Waals surface area (Å²) in [6.07, 6.45) is -0.249. The normalized spacial score (nSPS) is 15.6. The zero-order valence-corrected chi connectivity index (χ0v) is 27.3. The Morgan fingerprint density at radius 2 is 1.72 bits per heavy atom. The maximum absolute atomic E-state index is 12.7. The van der Waals surface area contributed by atoms with Gasteiger partial charge in [-0.1, -0.05) is 12.1 Å². The van der Waals surface area contributed by atoms with Crippen LogP contribution >= 0.6 is 11.3 Å². The van der Waals surface area contributed by atoms with Crippen molar-refractivity contribution in [2.75, 3.05) is 51.3 Å². The number of hydrogen-bond donors (Lipinski definition) is 0. The summed E-state index contributed by atoms with van der Waals surface area (Å²) in [4.78, 5) is 17.9. The highest BCUT2D eigenvalue weighted by Gasteiger charge is 2.32. The molecule has 234 valence electrons. The summed E-state index contributed by atoms with van der Waals surface area (Å²) in [5.41, 5.74) is 4.88. The fourth-order valence-corrected chi connectivity index (χ4v) is 7.78. The van der Waals surface area contributed by atoms with Crippen LogP contribution in [0.2, 0.25) is 0 Å². The number of hydrogen-bond acceptors (Lipinski definition) is 7. The second-order valence-electron chi connectivity index (χ2n) is 12.9. The van der Waals surface area contributed by atoms with E-state index in [2.05, 4.69) is 58.0 Å². The fourth-order valence-electron chi connectivity index (χ4n) is 6.63. The number of para-hydroxylation sites is 2. The van der Waals surface area contributed by atoms with E-state index in [9.17, 15) is 4.79 Å². The monoisotopic (exact) mass is 634 g/mol. The van der Waals surface area contributed by atoms with Crippen molar-refractivity contribution in [2.24, 2.45) is 0 Å². The third kappa shape index (κ3) is 4.99. The molecule has 0 spiro atoms. The molecule has 0 N–H and O–H groups in total. The van der Waals surface area contributed by atoms with E-state index in [4.69, 9.17) is 18.9 Å². The van der Waals surface area contributed by atoms with Gasteiger partial charge >= 0.3 is 6.09 Å². The standard InChI is InChI=1S/C37H36N3O5S/c1-37(2,3)45-36(41)39-15-13-38(14-16-39)24-9-11-26-32(21-24)46-33-22-25(42-4)10-12-27(33)34(26)23-19-30-35-31(20-23)44-29-8-6-5-7-28(29)40(35)17-18-43-30/h5-12,19-22H,13-18H2,1-4H3/q+1. The molecule has 8 nitrogen and oxygen atoms in total. The van der Waals surface area contributed by atoms with Crippen LogP contribution in [0.4, 0.5) is 16.2 Å². The highest BCUT2D eigenvalue weighted by molar-refractivity contribution is 7.21. The van der Waals surface area contributed by atoms with Gasteiger partial charge in [0.25, 0.3) is 0 Å². The van der Waals surface area contributed by atoms with Gasteiger partial charge in [0, 0.05) is 32.7 Å². The van der Waals surface area contributed by atoms with E-state index < -0.39 is 5.60 Å². The fraction of sp³-hybridized carbons (Fsp3) is 0.297. The van der Waals surface area contributed by atoms with Gasteiger partial charge in [0.15, 0.2) is 24.6 Å². The first-order valence-corrected chi connectivity index (χ1v) is 16.5. The first-order valence-electron chi connectivity index (χ1n) is 15.7. The van der Waals surface area contributed by atoms with Crippen LogP contribution in [0.1, 0.15) is 20.8 Å². The second kappa shape index (κ2) is 10.9. The van der Waals surface area contributed by atoms with E-state index in [0.29, 0.717) is 19.7 Å². The van der Waals surface area contributed by atoms with Crippen LogP contribution in [-0.2, 0) is 4.74 Å². The molecule has 1 saturated heterocycles. The molecule has 5 aliphatic rings. The van der Waals surface area contributed by atoms with Crippen molar-refractivity contribution in [2.45, 2.75) is 26.4 Å². The van der Waals surface area contributed by atoms with Gasteiger partial charge in [-0.15, -0.1) is 11.3 Å². The van der Waals surface area contributed by atoms with Gasteiger partial charge in [0.1, 0.15) is 29.4 Å². The third-order valence-corrected chi connectivity index (χ3v) is 9.87. The van der Waals surface area contributed by atoms with Crippen molar-refractivity contribution >= 4 is 38.9 Å². The van der Waals surface area contributed by atoms with Crippen molar-refractivity contribution in [1.29, 1.82) is 0 Å². The quantitative estimate of drug-likeness (QED) is 0.150. The van der Waals surface area contributed by atoms with Gasteiger partial charge in [-0.05, 0) is 80.4 Å². The van der Waals surface area contributed by atoms with Gasteiger partial charge in [-0.25, -0.2) is 9.37 Å². The lowest BCUT2D eigenvalue weighted by atomic mass is 9.94. The summed E-state index contributed by atoms with van der Waals surface area (Å²) < 4.78 is 27.5. The smallest absolute Gasteiger partial charge is 0.410 e. The number of carbonyl (C=O) groups is 1. The Balaban J connectivity index is 1.24. The van der Waals surface area contributed by atoms with Crippen LogP contribution < -0.4 is 29.0 Å². The van der Waals surface area contributed by atoms with Gasteiger partial charge in [-0.2, -0.15) is 0 Å². The average Bonchev–Trinajstić information content (AvgIpc) is 3.06. The first-order chi connectivity index (χ1) is 22.3. The Morgan fingerprint density at radius 1 is 0.913 bits per heavy atom. The van der Waals surface area contributed by atoms with Gasteiger partial charge < -0.3 is 23.8 Å². The zero-order chi connectivity index (χ0) is 31.6. The molecule has 9 heteroatoms. The van der Waals surface area contributed by atoms with Crippen LogP contribution in [0.15, 0.2) is 72.8 Å². The topological polar surface area (TPSA) is 63.5 Å². The highest BCUT2D eigenvalue weighted by atomic mass is 32.1. The molecular weight excluding hydrogens is 598 g/mol. The van der Waals surface area contributed by atoms with Crippen molar-refractivity contribution in [3.05, 3.63) is 78.2 Å². The van der Waals surface area contributed by atoms with Crippen molar-refractivity contribution in [3.63, 3.8) is 0 Å². The number of piperazine rings is 1. The number of rotatable bonds is 2. The molecular formula is C37H36N3O5S+. The van der Waals surface area contributed by atoms with E-state index in [1.54, 1.807) is 23.3 Å². The lowest BCUT2D eigenvalue weighted by Gasteiger charge is -2.37. The molecule has 4 heterocycles. The molecule has 0 radical (unpaired) electrons. The van der Waals surface area contributed by atoms with Gasteiger partial charge in [-0.3, -0.25) is 4.90 Å². The van der Waals surface area contributed by atoms with Crippen molar-refractivity contribution < 1.29 is 23.7 Å². The SMILES string of the molecule is COc1ccc2c(-c3cc4c5c(c3)Oc3ccccc3N5CCO4)c3ccc(=[N+]4CCN(C(=O)OC(C)(C)C)CC4)cc-3sc2c1. The van der Waals surface area contributed by atoms with Gasteiger partial charge in [0.2, 0.25) is 5.36 Å². The predicted molar refractivity (Wildman–Crippen MR) is 182 cm³/mol. The second-order valence-corrected chi connectivity index (χ2v) is 13.9. The number of ether oxygens (including phenoxy) is 4. The van der Waals surface area contributed by atoms with E-state index in [0.717, 1.165) is 86.1 Å². The number of benzene rings is 4. The lowest BCUT2D eigenvalue weighted by Crippen LogP contribution is -2.51. The minimum absolute atomic E-state index is 0.249. The molecule has 1 aliphatic carbocycles. The maximum Gasteiger partial charge on any atom is 0.410 e. The molecule has 46 heavy (non-hydrogen) atoms. The zero-order valence-electron chi connectivity index (χ0n) is 26.5. The van der Waals surface area contributed by atoms with E-state index in [1.165, 1.54) is 4.88 Å². The molecule has 1 fully saturated rings. The van der Waals surface area contributed by atoms with Crippen LogP contribution in [0.3, 0.4) is 0 Å². The summed E-state index contributed by atoms with van der Waals surface area (Å²) >= 11 is 1.76. The maximum atomic E-state index is 12.7. The Labute approximate surface area is 272 Å². The molecule has 0 aromatic heterocycles. The van der Waals surface area contributed by atoms with E-state index >= 15 is 0 Å². The molecule has 1 amide bonds. The molecule has 4 aliphatic heterocycles. The number of methoxy groups -OCH3 is 1. The minimum Gasteiger partial charge on any atom is -0.497 e. The molecule has 0 saturated carbocycles. The molecule has 8 rings (SSSR count). The number of nitrogens with zero attached hydrogens (tertiary/aromatic N) is 3. The van der Waals surface area contributed by atoms with Crippen LogP contribution in [0, 0.1) is 0 Å². The molecule has 0 atom stereocenters.